The first-order valence-electron chi connectivity index (χ1n) is 8.38. The number of nitrogens with zero attached hydrogens (tertiary/aromatic N) is 3. The summed E-state index contributed by atoms with van der Waals surface area (Å²) in [6, 6.07) is 14.4. The zero-order valence-corrected chi connectivity index (χ0v) is 15.3. The quantitative estimate of drug-likeness (QED) is 0.827. The smallest absolute Gasteiger partial charge is 0.243 e. The van der Waals surface area contributed by atoms with E-state index in [0.29, 0.717) is 18.7 Å². The highest BCUT2D eigenvalue weighted by atomic mass is 32.2. The van der Waals surface area contributed by atoms with E-state index in [1.807, 2.05) is 11.8 Å². The zero-order valence-electron chi connectivity index (χ0n) is 14.5. The zero-order chi connectivity index (χ0) is 18.7. The van der Waals surface area contributed by atoms with Crippen LogP contribution in [-0.4, -0.2) is 43.8 Å². The Labute approximate surface area is 153 Å². The molecule has 0 aromatic heterocycles. The average Bonchev–Trinajstić information content (AvgIpc) is 2.65. The van der Waals surface area contributed by atoms with Crippen LogP contribution in [0.5, 0.6) is 0 Å². The molecule has 1 unspecified atom stereocenters. The highest BCUT2D eigenvalue weighted by Gasteiger charge is 2.32. The lowest BCUT2D eigenvalue weighted by Gasteiger charge is -2.36. The maximum absolute atomic E-state index is 14.0. The minimum atomic E-state index is -3.56. The highest BCUT2D eigenvalue weighted by molar-refractivity contribution is 7.89. The number of sulfonamides is 1. The van der Waals surface area contributed by atoms with E-state index in [2.05, 4.69) is 6.07 Å². The number of benzene rings is 2. The van der Waals surface area contributed by atoms with Gasteiger partial charge in [0, 0.05) is 31.7 Å². The van der Waals surface area contributed by atoms with Crippen LogP contribution < -0.4 is 0 Å². The van der Waals surface area contributed by atoms with Crippen molar-refractivity contribution < 1.29 is 12.8 Å². The van der Waals surface area contributed by atoms with E-state index in [4.69, 9.17) is 0 Å². The minimum absolute atomic E-state index is 0.266. The molecule has 0 aliphatic carbocycles. The van der Waals surface area contributed by atoms with Crippen molar-refractivity contribution in [3.8, 4) is 6.07 Å². The SMILES string of the molecule is Cc1ccc(S(=O)(=O)N2CCN(C(C#N)c3ccccc3F)CC2)cc1. The lowest BCUT2D eigenvalue weighted by atomic mass is 10.1. The van der Waals surface area contributed by atoms with Gasteiger partial charge in [-0.1, -0.05) is 35.9 Å². The van der Waals surface area contributed by atoms with Crippen molar-refractivity contribution in [2.45, 2.75) is 17.9 Å². The van der Waals surface area contributed by atoms with Crippen LogP contribution >= 0.6 is 0 Å². The Morgan fingerprint density at radius 1 is 1.04 bits per heavy atom. The molecule has 3 rings (SSSR count). The molecule has 1 aliphatic rings. The molecule has 1 atom stereocenters. The van der Waals surface area contributed by atoms with Crippen molar-refractivity contribution in [1.82, 2.24) is 9.21 Å². The normalized spacial score (nSPS) is 17.6. The third kappa shape index (κ3) is 3.63. The molecule has 1 saturated heterocycles. The fourth-order valence-corrected chi connectivity index (χ4v) is 4.53. The van der Waals surface area contributed by atoms with Gasteiger partial charge in [-0.15, -0.1) is 0 Å². The molecule has 0 saturated carbocycles. The molecule has 1 heterocycles. The molecule has 26 heavy (non-hydrogen) atoms. The van der Waals surface area contributed by atoms with Gasteiger partial charge in [-0.2, -0.15) is 9.57 Å². The maximum Gasteiger partial charge on any atom is 0.243 e. The molecule has 0 spiro atoms. The first-order chi connectivity index (χ1) is 12.4. The minimum Gasteiger partial charge on any atom is -0.282 e. The monoisotopic (exact) mass is 373 g/mol. The van der Waals surface area contributed by atoms with Crippen molar-refractivity contribution in [1.29, 1.82) is 5.26 Å². The summed E-state index contributed by atoms with van der Waals surface area (Å²) >= 11 is 0. The second kappa shape index (κ2) is 7.54. The summed E-state index contributed by atoms with van der Waals surface area (Å²) in [5, 5.41) is 9.50. The van der Waals surface area contributed by atoms with Gasteiger partial charge in [0.05, 0.1) is 11.0 Å². The summed E-state index contributed by atoms with van der Waals surface area (Å²) < 4.78 is 40.9. The van der Waals surface area contributed by atoms with Crippen LogP contribution in [0, 0.1) is 24.1 Å². The van der Waals surface area contributed by atoms with Gasteiger partial charge in [-0.25, -0.2) is 12.8 Å². The molecule has 136 valence electrons. The molecule has 0 N–H and O–H groups in total. The lowest BCUT2D eigenvalue weighted by molar-refractivity contribution is 0.160. The van der Waals surface area contributed by atoms with Gasteiger partial charge in [0.25, 0.3) is 0 Å². The molecule has 7 heteroatoms. The van der Waals surface area contributed by atoms with E-state index in [1.165, 1.54) is 10.4 Å². The number of aryl methyl sites for hydroxylation is 1. The van der Waals surface area contributed by atoms with Crippen LogP contribution in [0.15, 0.2) is 53.4 Å². The topological polar surface area (TPSA) is 64.4 Å². The van der Waals surface area contributed by atoms with Crippen LogP contribution in [0.2, 0.25) is 0 Å². The number of halogens is 1. The van der Waals surface area contributed by atoms with Crippen molar-refractivity contribution in [2.24, 2.45) is 0 Å². The molecule has 0 amide bonds. The molecule has 5 nitrogen and oxygen atoms in total. The van der Waals surface area contributed by atoms with Gasteiger partial charge in [0.2, 0.25) is 10.0 Å². The Morgan fingerprint density at radius 3 is 2.23 bits per heavy atom. The third-order valence-corrected chi connectivity index (χ3v) is 6.53. The largest absolute Gasteiger partial charge is 0.282 e. The number of piperazine rings is 1. The summed E-state index contributed by atoms with van der Waals surface area (Å²) in [4.78, 5) is 2.09. The maximum atomic E-state index is 14.0. The predicted molar refractivity (Wildman–Crippen MR) is 96.3 cm³/mol. The first kappa shape index (κ1) is 18.5. The van der Waals surface area contributed by atoms with Gasteiger partial charge in [0.1, 0.15) is 11.9 Å². The van der Waals surface area contributed by atoms with E-state index in [0.717, 1.165) is 5.56 Å². The molecule has 1 fully saturated rings. The van der Waals surface area contributed by atoms with Crippen LogP contribution in [-0.2, 0) is 10.0 Å². The fourth-order valence-electron chi connectivity index (χ4n) is 3.11. The van der Waals surface area contributed by atoms with Crippen LogP contribution in [0.1, 0.15) is 17.2 Å². The van der Waals surface area contributed by atoms with Crippen molar-refractivity contribution in [3.05, 3.63) is 65.5 Å². The van der Waals surface area contributed by atoms with Gasteiger partial charge in [-0.05, 0) is 25.1 Å². The summed E-state index contributed by atoms with van der Waals surface area (Å²) in [5.74, 6) is -0.422. The van der Waals surface area contributed by atoms with Crippen molar-refractivity contribution in [3.63, 3.8) is 0 Å². The number of hydrogen-bond acceptors (Lipinski definition) is 4. The third-order valence-electron chi connectivity index (χ3n) is 4.62. The van der Waals surface area contributed by atoms with Gasteiger partial charge >= 0.3 is 0 Å². The van der Waals surface area contributed by atoms with Gasteiger partial charge in [0.15, 0.2) is 0 Å². The highest BCUT2D eigenvalue weighted by Crippen LogP contribution is 2.25. The Bertz CT molecular complexity index is 915. The molecule has 0 radical (unpaired) electrons. The van der Waals surface area contributed by atoms with Crippen molar-refractivity contribution in [2.75, 3.05) is 26.2 Å². The number of hydrogen-bond donors (Lipinski definition) is 0. The lowest BCUT2D eigenvalue weighted by Crippen LogP contribution is -2.49. The molecule has 2 aromatic rings. The first-order valence-corrected chi connectivity index (χ1v) is 9.82. The van der Waals surface area contributed by atoms with E-state index in [9.17, 15) is 18.1 Å². The second-order valence-electron chi connectivity index (χ2n) is 6.31. The van der Waals surface area contributed by atoms with E-state index < -0.39 is 21.9 Å². The Hall–Kier alpha value is -2.27. The predicted octanol–water partition coefficient (Wildman–Crippen LogP) is 2.71. The molecule has 1 aliphatic heterocycles. The number of nitriles is 1. The van der Waals surface area contributed by atoms with Crippen molar-refractivity contribution >= 4 is 10.0 Å². The number of rotatable bonds is 4. The standard InChI is InChI=1S/C19H20FN3O2S/c1-15-6-8-16(9-7-15)26(24,25)23-12-10-22(11-13-23)19(14-21)17-4-2-3-5-18(17)20/h2-9,19H,10-13H2,1H3. The van der Waals surface area contributed by atoms with Gasteiger partial charge in [-0.3, -0.25) is 4.90 Å². The van der Waals surface area contributed by atoms with Gasteiger partial charge < -0.3 is 0 Å². The van der Waals surface area contributed by atoms with E-state index in [1.54, 1.807) is 42.5 Å². The van der Waals surface area contributed by atoms with E-state index >= 15 is 0 Å². The summed E-state index contributed by atoms with van der Waals surface area (Å²) in [5.41, 5.74) is 1.32. The Morgan fingerprint density at radius 2 is 1.65 bits per heavy atom. The summed E-state index contributed by atoms with van der Waals surface area (Å²) in [6.45, 7) is 3.18. The molecular formula is C19H20FN3O2S. The fraction of sp³-hybridized carbons (Fsp3) is 0.316. The molecule has 0 bridgehead atoms. The van der Waals surface area contributed by atoms with Crippen LogP contribution in [0.25, 0.3) is 0 Å². The Kier molecular flexibility index (Phi) is 5.37. The van der Waals surface area contributed by atoms with Crippen LogP contribution in [0.3, 0.4) is 0 Å². The Balaban J connectivity index is 1.73. The summed E-state index contributed by atoms with van der Waals surface area (Å²) in [6.07, 6.45) is 0. The van der Waals surface area contributed by atoms with Crippen LogP contribution in [0.4, 0.5) is 4.39 Å². The van der Waals surface area contributed by atoms with E-state index in [-0.39, 0.29) is 18.0 Å². The molecule has 2 aromatic carbocycles. The second-order valence-corrected chi connectivity index (χ2v) is 8.24. The molecular weight excluding hydrogens is 353 g/mol. The average molecular weight is 373 g/mol. The summed E-state index contributed by atoms with van der Waals surface area (Å²) in [7, 11) is -3.56.